The highest BCUT2D eigenvalue weighted by molar-refractivity contribution is 7.09. The maximum absolute atomic E-state index is 6.09. The Bertz CT molecular complexity index is 266. The molecule has 1 aliphatic rings. The van der Waals surface area contributed by atoms with Gasteiger partial charge in [-0.05, 0) is 17.8 Å². The molecule has 0 amide bonds. The Labute approximate surface area is 76.8 Å². The van der Waals surface area contributed by atoms with Gasteiger partial charge >= 0.3 is 0 Å². The van der Waals surface area contributed by atoms with Crippen molar-refractivity contribution in [1.29, 1.82) is 0 Å². The van der Waals surface area contributed by atoms with Gasteiger partial charge in [0.25, 0.3) is 0 Å². The molecule has 1 fully saturated rings. The van der Waals surface area contributed by atoms with Crippen molar-refractivity contribution in [3.8, 4) is 0 Å². The van der Waals surface area contributed by atoms with Crippen LogP contribution in [0, 0.1) is 11.3 Å². The third kappa shape index (κ3) is 1.27. The lowest BCUT2D eigenvalue weighted by Crippen LogP contribution is -2.13. The molecular formula is C9H14N2S. The van der Waals surface area contributed by atoms with Crippen molar-refractivity contribution in [1.82, 2.24) is 4.98 Å². The molecule has 0 radical (unpaired) electrons. The van der Waals surface area contributed by atoms with Crippen molar-refractivity contribution < 1.29 is 0 Å². The van der Waals surface area contributed by atoms with Gasteiger partial charge in [-0.3, -0.25) is 4.98 Å². The first-order chi connectivity index (χ1) is 5.61. The summed E-state index contributed by atoms with van der Waals surface area (Å²) in [5.41, 5.74) is 8.40. The number of hydrogen-bond acceptors (Lipinski definition) is 3. The van der Waals surface area contributed by atoms with Crippen LogP contribution in [0.5, 0.6) is 0 Å². The predicted octanol–water partition coefficient (Wildman–Crippen LogP) is 2.19. The van der Waals surface area contributed by atoms with Crippen molar-refractivity contribution in [3.63, 3.8) is 0 Å². The zero-order valence-corrected chi connectivity index (χ0v) is 8.27. The van der Waals surface area contributed by atoms with E-state index in [0.29, 0.717) is 11.3 Å². The first-order valence-electron chi connectivity index (χ1n) is 4.25. The van der Waals surface area contributed by atoms with E-state index in [1.807, 2.05) is 11.7 Å². The molecule has 0 aromatic carbocycles. The van der Waals surface area contributed by atoms with Gasteiger partial charge in [-0.1, -0.05) is 13.8 Å². The largest absolute Gasteiger partial charge is 0.323 e. The van der Waals surface area contributed by atoms with Gasteiger partial charge in [0.05, 0.1) is 5.51 Å². The fraction of sp³-hybridized carbons (Fsp3) is 0.667. The van der Waals surface area contributed by atoms with Crippen LogP contribution < -0.4 is 5.73 Å². The van der Waals surface area contributed by atoms with E-state index < -0.39 is 0 Å². The lowest BCUT2D eigenvalue weighted by atomic mass is 10.0. The molecule has 1 aliphatic carbocycles. The third-order valence-corrected chi connectivity index (χ3v) is 3.68. The number of hydrogen-bond donors (Lipinski definition) is 1. The van der Waals surface area contributed by atoms with Gasteiger partial charge in [0.1, 0.15) is 0 Å². The van der Waals surface area contributed by atoms with E-state index in [-0.39, 0.29) is 6.04 Å². The van der Waals surface area contributed by atoms with E-state index in [0.717, 1.165) is 0 Å². The fourth-order valence-corrected chi connectivity index (χ4v) is 2.40. The van der Waals surface area contributed by atoms with Gasteiger partial charge in [-0.15, -0.1) is 11.3 Å². The number of rotatable bonds is 2. The van der Waals surface area contributed by atoms with E-state index in [1.165, 1.54) is 11.3 Å². The molecule has 1 saturated carbocycles. The predicted molar refractivity (Wildman–Crippen MR) is 50.9 cm³/mol. The second-order valence-electron chi connectivity index (χ2n) is 4.23. The van der Waals surface area contributed by atoms with Gasteiger partial charge in [0.2, 0.25) is 0 Å². The highest BCUT2D eigenvalue weighted by Gasteiger charge is 2.49. The molecule has 0 aliphatic heterocycles. The average molecular weight is 182 g/mol. The maximum Gasteiger partial charge on any atom is 0.0794 e. The summed E-state index contributed by atoms with van der Waals surface area (Å²) in [4.78, 5) is 5.27. The van der Waals surface area contributed by atoms with Crippen molar-refractivity contribution in [2.75, 3.05) is 0 Å². The molecule has 2 atom stereocenters. The Morgan fingerprint density at radius 1 is 1.75 bits per heavy atom. The lowest BCUT2D eigenvalue weighted by Gasteiger charge is -2.10. The first-order valence-corrected chi connectivity index (χ1v) is 5.13. The van der Waals surface area contributed by atoms with E-state index in [9.17, 15) is 0 Å². The van der Waals surface area contributed by atoms with Gasteiger partial charge in [-0.25, -0.2) is 0 Å². The molecule has 2 unspecified atom stereocenters. The van der Waals surface area contributed by atoms with Crippen LogP contribution in [-0.2, 0) is 0 Å². The molecule has 12 heavy (non-hydrogen) atoms. The van der Waals surface area contributed by atoms with Gasteiger partial charge in [-0.2, -0.15) is 0 Å². The molecule has 1 aromatic rings. The van der Waals surface area contributed by atoms with Crippen molar-refractivity contribution >= 4 is 11.3 Å². The minimum Gasteiger partial charge on any atom is -0.323 e. The topological polar surface area (TPSA) is 38.9 Å². The number of nitrogens with zero attached hydrogens (tertiary/aromatic N) is 1. The van der Waals surface area contributed by atoms with E-state index in [1.54, 1.807) is 11.3 Å². The summed E-state index contributed by atoms with van der Waals surface area (Å²) < 4.78 is 0. The smallest absolute Gasteiger partial charge is 0.0794 e. The SMILES string of the molecule is CC1(C)CC1C(N)c1cncs1. The monoisotopic (exact) mass is 182 g/mol. The Morgan fingerprint density at radius 3 is 2.83 bits per heavy atom. The second kappa shape index (κ2) is 2.54. The Balaban J connectivity index is 2.08. The highest BCUT2D eigenvalue weighted by atomic mass is 32.1. The van der Waals surface area contributed by atoms with E-state index >= 15 is 0 Å². The van der Waals surface area contributed by atoms with Crippen LogP contribution in [0.1, 0.15) is 31.2 Å². The van der Waals surface area contributed by atoms with Crippen LogP contribution in [0.15, 0.2) is 11.7 Å². The molecule has 2 rings (SSSR count). The summed E-state index contributed by atoms with van der Waals surface area (Å²) >= 11 is 1.66. The third-order valence-electron chi connectivity index (χ3n) is 2.80. The van der Waals surface area contributed by atoms with Gasteiger partial charge in [0, 0.05) is 17.1 Å². The summed E-state index contributed by atoms with van der Waals surface area (Å²) in [7, 11) is 0. The molecule has 0 saturated heterocycles. The summed E-state index contributed by atoms with van der Waals surface area (Å²) in [6.07, 6.45) is 3.15. The molecule has 2 N–H and O–H groups in total. The number of thiazole rings is 1. The summed E-state index contributed by atoms with van der Waals surface area (Å²) in [5, 5.41) is 0. The minimum atomic E-state index is 0.215. The second-order valence-corrected chi connectivity index (χ2v) is 5.15. The standard InChI is InChI=1S/C9H14N2S/c1-9(2)3-6(9)8(10)7-4-11-5-12-7/h4-6,8H,3,10H2,1-2H3. The normalized spacial score (nSPS) is 28.4. The molecule has 1 aromatic heterocycles. The molecule has 0 spiro atoms. The lowest BCUT2D eigenvalue weighted by molar-refractivity contribution is 0.495. The number of nitrogens with two attached hydrogens (primary N) is 1. The summed E-state index contributed by atoms with van der Waals surface area (Å²) in [6, 6.07) is 0.215. The quantitative estimate of drug-likeness (QED) is 0.761. The summed E-state index contributed by atoms with van der Waals surface area (Å²) in [5.74, 6) is 0.665. The molecule has 66 valence electrons. The van der Waals surface area contributed by atoms with Crippen LogP contribution in [0.2, 0.25) is 0 Å². The zero-order chi connectivity index (χ0) is 8.77. The van der Waals surface area contributed by atoms with Crippen molar-refractivity contribution in [2.24, 2.45) is 17.1 Å². The molecule has 1 heterocycles. The van der Waals surface area contributed by atoms with Crippen LogP contribution in [-0.4, -0.2) is 4.98 Å². The van der Waals surface area contributed by atoms with E-state index in [4.69, 9.17) is 5.73 Å². The highest BCUT2D eigenvalue weighted by Crippen LogP contribution is 2.57. The van der Waals surface area contributed by atoms with Crippen LogP contribution in [0.3, 0.4) is 0 Å². The molecule has 0 bridgehead atoms. The number of aromatic nitrogens is 1. The molecule has 2 nitrogen and oxygen atoms in total. The minimum absolute atomic E-state index is 0.215. The molecular weight excluding hydrogens is 168 g/mol. The van der Waals surface area contributed by atoms with Crippen LogP contribution >= 0.6 is 11.3 Å². The zero-order valence-electron chi connectivity index (χ0n) is 7.45. The van der Waals surface area contributed by atoms with Crippen molar-refractivity contribution in [3.05, 3.63) is 16.6 Å². The van der Waals surface area contributed by atoms with E-state index in [2.05, 4.69) is 18.8 Å². The Kier molecular flexibility index (Phi) is 1.73. The first kappa shape index (κ1) is 8.20. The van der Waals surface area contributed by atoms with Crippen LogP contribution in [0.25, 0.3) is 0 Å². The van der Waals surface area contributed by atoms with Gasteiger partial charge < -0.3 is 5.73 Å². The Morgan fingerprint density at radius 2 is 2.42 bits per heavy atom. The van der Waals surface area contributed by atoms with Gasteiger partial charge in [0.15, 0.2) is 0 Å². The van der Waals surface area contributed by atoms with Crippen LogP contribution in [0.4, 0.5) is 0 Å². The average Bonchev–Trinajstić information content (AvgIpc) is 2.56. The summed E-state index contributed by atoms with van der Waals surface area (Å²) in [6.45, 7) is 4.55. The maximum atomic E-state index is 6.09. The fourth-order valence-electron chi connectivity index (χ4n) is 1.71. The van der Waals surface area contributed by atoms with Crippen molar-refractivity contribution in [2.45, 2.75) is 26.3 Å². The molecule has 3 heteroatoms. The Hall–Kier alpha value is -0.410.